The van der Waals surface area contributed by atoms with Gasteiger partial charge in [0, 0.05) is 0 Å². The Labute approximate surface area is 156 Å². The summed E-state index contributed by atoms with van der Waals surface area (Å²) in [5.41, 5.74) is -1.00. The molecule has 0 aliphatic carbocycles. The molecule has 0 radical (unpaired) electrons. The molecule has 25 heavy (non-hydrogen) atoms. The van der Waals surface area contributed by atoms with Gasteiger partial charge in [0.05, 0.1) is 6.61 Å². The van der Waals surface area contributed by atoms with Crippen molar-refractivity contribution in [1.29, 1.82) is 0 Å². The van der Waals surface area contributed by atoms with E-state index in [0.717, 1.165) is 12.8 Å². The first kappa shape index (κ1) is 24.1. The van der Waals surface area contributed by atoms with Gasteiger partial charge in [-0.1, -0.05) is 92.4 Å². The fraction of sp³-hybridized carbons (Fsp3) is 0.909. The summed E-state index contributed by atoms with van der Waals surface area (Å²) >= 11 is 0. The van der Waals surface area contributed by atoms with Crippen LogP contribution in [0.4, 0.5) is 0 Å². The first-order valence-corrected chi connectivity index (χ1v) is 10.5. The van der Waals surface area contributed by atoms with Gasteiger partial charge >= 0.3 is 5.97 Å². The first-order valence-electron chi connectivity index (χ1n) is 10.5. The van der Waals surface area contributed by atoms with Crippen LogP contribution in [0.1, 0.15) is 106 Å². The smallest absolute Gasteiger partial charge is 0.320 e. The molecular formula is C22H42O3. The molecule has 0 aliphatic rings. The number of hydrogen-bond donors (Lipinski definition) is 0. The topological polar surface area (TPSA) is 43.4 Å². The fourth-order valence-corrected chi connectivity index (χ4v) is 3.97. The van der Waals surface area contributed by atoms with Crippen LogP contribution >= 0.6 is 0 Å². The van der Waals surface area contributed by atoms with Crippen molar-refractivity contribution in [2.75, 3.05) is 6.61 Å². The van der Waals surface area contributed by atoms with E-state index in [-0.39, 0.29) is 23.6 Å². The lowest BCUT2D eigenvalue weighted by Crippen LogP contribution is -2.48. The summed E-state index contributed by atoms with van der Waals surface area (Å²) in [4.78, 5) is 24.8. The van der Waals surface area contributed by atoms with Gasteiger partial charge in [0.2, 0.25) is 0 Å². The van der Waals surface area contributed by atoms with E-state index in [1.54, 1.807) is 0 Å². The monoisotopic (exact) mass is 354 g/mol. The normalized spacial score (nSPS) is 12.0. The van der Waals surface area contributed by atoms with E-state index < -0.39 is 5.41 Å². The van der Waals surface area contributed by atoms with Crippen LogP contribution in [0.15, 0.2) is 0 Å². The lowest BCUT2D eigenvalue weighted by Gasteiger charge is -2.36. The second-order valence-electron chi connectivity index (χ2n) is 8.05. The average Bonchev–Trinajstić information content (AvgIpc) is 2.52. The highest BCUT2D eigenvalue weighted by Gasteiger charge is 2.50. The minimum atomic E-state index is -1.00. The van der Waals surface area contributed by atoms with E-state index in [4.69, 9.17) is 4.74 Å². The maximum absolute atomic E-state index is 12.6. The maximum Gasteiger partial charge on any atom is 0.320 e. The van der Waals surface area contributed by atoms with Crippen LogP contribution in [-0.2, 0) is 14.3 Å². The zero-order valence-electron chi connectivity index (χ0n) is 17.7. The molecule has 0 saturated carbocycles. The van der Waals surface area contributed by atoms with Crippen LogP contribution in [0.2, 0.25) is 0 Å². The van der Waals surface area contributed by atoms with Crippen molar-refractivity contribution >= 4 is 11.8 Å². The van der Waals surface area contributed by atoms with Crippen molar-refractivity contribution in [1.82, 2.24) is 0 Å². The average molecular weight is 355 g/mol. The lowest BCUT2D eigenvalue weighted by molar-refractivity contribution is -0.167. The molecule has 0 unspecified atom stereocenters. The van der Waals surface area contributed by atoms with Crippen LogP contribution < -0.4 is 0 Å². The third kappa shape index (κ3) is 7.92. The van der Waals surface area contributed by atoms with Gasteiger partial charge in [-0.15, -0.1) is 0 Å². The molecule has 0 heterocycles. The molecule has 0 bridgehead atoms. The number of hydrogen-bond acceptors (Lipinski definition) is 3. The van der Waals surface area contributed by atoms with Crippen LogP contribution in [-0.4, -0.2) is 18.4 Å². The number of ketones is 1. The minimum Gasteiger partial charge on any atom is -0.465 e. The number of unbranched alkanes of at least 4 members (excludes halogenated alkanes) is 9. The fourth-order valence-electron chi connectivity index (χ4n) is 3.97. The Balaban J connectivity index is 4.00. The molecule has 0 aromatic heterocycles. The zero-order valence-corrected chi connectivity index (χ0v) is 17.7. The minimum absolute atomic E-state index is 0.0507. The molecule has 0 atom stereocenters. The van der Waals surface area contributed by atoms with Crippen LogP contribution in [0, 0.1) is 17.3 Å². The predicted molar refractivity (Wildman–Crippen MR) is 106 cm³/mol. The van der Waals surface area contributed by atoms with Gasteiger partial charge in [0.1, 0.15) is 11.2 Å². The molecule has 0 rings (SSSR count). The molecule has 0 fully saturated rings. The van der Waals surface area contributed by atoms with Crippen molar-refractivity contribution in [3.63, 3.8) is 0 Å². The second kappa shape index (κ2) is 13.4. The van der Waals surface area contributed by atoms with E-state index in [2.05, 4.69) is 6.92 Å². The molecule has 148 valence electrons. The number of Topliss-reactive ketones (excluding diaryl/α,β-unsaturated/α-hetero) is 1. The Morgan fingerprint density at radius 3 is 1.52 bits per heavy atom. The standard InChI is InChI=1S/C22H42O3/c1-7-8-9-10-11-12-13-14-15-16-17-25-21(24)22(18(2)3,19(4)5)20(6)23/h18-19H,7-17H2,1-6H3. The van der Waals surface area contributed by atoms with Gasteiger partial charge in [-0.3, -0.25) is 9.59 Å². The molecule has 0 aliphatic heterocycles. The summed E-state index contributed by atoms with van der Waals surface area (Å²) in [5, 5.41) is 0. The number of carbonyl (C=O) groups excluding carboxylic acids is 2. The Hall–Kier alpha value is -0.860. The third-order valence-electron chi connectivity index (χ3n) is 5.47. The van der Waals surface area contributed by atoms with E-state index >= 15 is 0 Å². The number of carbonyl (C=O) groups is 2. The number of ether oxygens (including phenoxy) is 1. The molecule has 0 N–H and O–H groups in total. The van der Waals surface area contributed by atoms with Crippen molar-refractivity contribution in [2.45, 2.75) is 106 Å². The number of rotatable bonds is 15. The zero-order chi connectivity index (χ0) is 19.3. The van der Waals surface area contributed by atoms with Gasteiger partial charge in [-0.05, 0) is 25.2 Å². The molecule has 0 saturated heterocycles. The Kier molecular flexibility index (Phi) is 12.9. The lowest BCUT2D eigenvalue weighted by atomic mass is 9.66. The highest BCUT2D eigenvalue weighted by molar-refractivity contribution is 6.03. The second-order valence-corrected chi connectivity index (χ2v) is 8.05. The summed E-state index contributed by atoms with van der Waals surface area (Å²) in [6.07, 6.45) is 12.5. The number of esters is 1. The Morgan fingerprint density at radius 1 is 0.760 bits per heavy atom. The van der Waals surface area contributed by atoms with Crippen LogP contribution in [0.25, 0.3) is 0 Å². The van der Waals surface area contributed by atoms with E-state index in [1.807, 2.05) is 27.7 Å². The largest absolute Gasteiger partial charge is 0.465 e. The quantitative estimate of drug-likeness (QED) is 0.196. The van der Waals surface area contributed by atoms with Crippen LogP contribution in [0.3, 0.4) is 0 Å². The SMILES string of the molecule is CCCCCCCCCCCCOC(=O)C(C(C)=O)(C(C)C)C(C)C. The molecular weight excluding hydrogens is 312 g/mol. The first-order chi connectivity index (χ1) is 11.8. The van der Waals surface area contributed by atoms with Gasteiger partial charge < -0.3 is 4.74 Å². The molecule has 3 heteroatoms. The summed E-state index contributed by atoms with van der Waals surface area (Å²) in [6.45, 7) is 11.9. The molecule has 3 nitrogen and oxygen atoms in total. The summed E-state index contributed by atoms with van der Waals surface area (Å²) in [6, 6.07) is 0. The van der Waals surface area contributed by atoms with Crippen molar-refractivity contribution in [3.8, 4) is 0 Å². The molecule has 0 spiro atoms. The Bertz CT molecular complexity index is 363. The van der Waals surface area contributed by atoms with Gasteiger partial charge in [-0.25, -0.2) is 0 Å². The van der Waals surface area contributed by atoms with Gasteiger partial charge in [0.15, 0.2) is 0 Å². The van der Waals surface area contributed by atoms with Crippen molar-refractivity contribution in [3.05, 3.63) is 0 Å². The predicted octanol–water partition coefficient (Wildman–Crippen LogP) is 6.34. The van der Waals surface area contributed by atoms with Crippen LogP contribution in [0.5, 0.6) is 0 Å². The summed E-state index contributed by atoms with van der Waals surface area (Å²) < 4.78 is 5.50. The summed E-state index contributed by atoms with van der Waals surface area (Å²) in [5.74, 6) is -0.512. The third-order valence-corrected chi connectivity index (χ3v) is 5.47. The molecule has 0 aromatic rings. The van der Waals surface area contributed by atoms with Crippen molar-refractivity contribution < 1.29 is 14.3 Å². The van der Waals surface area contributed by atoms with Gasteiger partial charge in [-0.2, -0.15) is 0 Å². The molecule has 0 amide bonds. The Morgan fingerprint density at radius 2 is 1.16 bits per heavy atom. The highest BCUT2D eigenvalue weighted by atomic mass is 16.5. The van der Waals surface area contributed by atoms with E-state index in [9.17, 15) is 9.59 Å². The van der Waals surface area contributed by atoms with E-state index in [1.165, 1.54) is 58.3 Å². The maximum atomic E-state index is 12.6. The van der Waals surface area contributed by atoms with E-state index in [0.29, 0.717) is 6.61 Å². The van der Waals surface area contributed by atoms with Crippen molar-refractivity contribution in [2.24, 2.45) is 17.3 Å². The molecule has 0 aromatic carbocycles. The summed E-state index contributed by atoms with van der Waals surface area (Å²) in [7, 11) is 0. The highest BCUT2D eigenvalue weighted by Crippen LogP contribution is 2.38. The van der Waals surface area contributed by atoms with Gasteiger partial charge in [0.25, 0.3) is 0 Å².